The Morgan fingerprint density at radius 2 is 1.89 bits per heavy atom. The van der Waals surface area contributed by atoms with Crippen molar-refractivity contribution in [2.45, 2.75) is 47.5 Å². The van der Waals surface area contributed by atoms with Crippen LogP contribution in [-0.4, -0.2) is 35.3 Å². The largest absolute Gasteiger partial charge is 0.362 e. The van der Waals surface area contributed by atoms with Gasteiger partial charge in [0.2, 0.25) is 0 Å². The second-order valence-electron chi connectivity index (χ2n) is 5.42. The number of H-pyrrole nitrogens is 1. The van der Waals surface area contributed by atoms with Crippen LogP contribution >= 0.6 is 0 Å². The standard InChI is InChI=1S/C16H28N2O/c1-6-14(7-2)10-18(8-3)11-16(19)15-9-12(4)17-13(15)5/h9,14,17H,6-8,10-11H2,1-5H3. The van der Waals surface area contributed by atoms with Gasteiger partial charge in [-0.2, -0.15) is 0 Å². The SMILES string of the molecule is CCC(CC)CN(CC)CC(=O)c1cc(C)[nH]c1C. The summed E-state index contributed by atoms with van der Waals surface area (Å²) >= 11 is 0. The van der Waals surface area contributed by atoms with Crippen molar-refractivity contribution in [3.63, 3.8) is 0 Å². The Bertz CT molecular complexity index is 405. The minimum absolute atomic E-state index is 0.231. The third-order valence-corrected chi connectivity index (χ3v) is 3.94. The van der Waals surface area contributed by atoms with Gasteiger partial charge in [0.15, 0.2) is 5.78 Å². The molecule has 0 aliphatic heterocycles. The van der Waals surface area contributed by atoms with E-state index in [2.05, 4.69) is 30.7 Å². The Hall–Kier alpha value is -1.09. The van der Waals surface area contributed by atoms with Crippen molar-refractivity contribution in [3.8, 4) is 0 Å². The molecule has 108 valence electrons. The van der Waals surface area contributed by atoms with E-state index in [0.717, 1.165) is 30.0 Å². The fourth-order valence-electron chi connectivity index (χ4n) is 2.52. The van der Waals surface area contributed by atoms with Gasteiger partial charge in [-0.3, -0.25) is 9.69 Å². The van der Waals surface area contributed by atoms with Crippen molar-refractivity contribution in [2.24, 2.45) is 5.92 Å². The molecule has 0 atom stereocenters. The van der Waals surface area contributed by atoms with Crippen LogP contribution in [0.2, 0.25) is 0 Å². The summed E-state index contributed by atoms with van der Waals surface area (Å²) in [6, 6.07) is 1.96. The number of ketones is 1. The van der Waals surface area contributed by atoms with Gasteiger partial charge >= 0.3 is 0 Å². The van der Waals surface area contributed by atoms with E-state index in [1.807, 2.05) is 19.9 Å². The zero-order valence-corrected chi connectivity index (χ0v) is 13.0. The normalized spacial score (nSPS) is 11.5. The molecule has 0 saturated carbocycles. The molecule has 0 saturated heterocycles. The molecule has 1 aromatic heterocycles. The minimum Gasteiger partial charge on any atom is -0.362 e. The molecule has 0 amide bonds. The molecule has 3 nitrogen and oxygen atoms in total. The Labute approximate surface area is 117 Å². The van der Waals surface area contributed by atoms with Crippen molar-refractivity contribution in [1.29, 1.82) is 0 Å². The highest BCUT2D eigenvalue weighted by Gasteiger charge is 2.17. The highest BCUT2D eigenvalue weighted by atomic mass is 16.1. The summed E-state index contributed by atoms with van der Waals surface area (Å²) in [4.78, 5) is 17.8. The summed E-state index contributed by atoms with van der Waals surface area (Å²) in [7, 11) is 0. The van der Waals surface area contributed by atoms with Crippen molar-refractivity contribution in [2.75, 3.05) is 19.6 Å². The highest BCUT2D eigenvalue weighted by Crippen LogP contribution is 2.13. The van der Waals surface area contributed by atoms with E-state index in [1.54, 1.807) is 0 Å². The molecule has 0 spiro atoms. The Balaban J connectivity index is 2.65. The van der Waals surface area contributed by atoms with Crippen LogP contribution in [0, 0.1) is 19.8 Å². The van der Waals surface area contributed by atoms with E-state index in [0.29, 0.717) is 12.5 Å². The molecular formula is C16H28N2O. The Morgan fingerprint density at radius 1 is 1.26 bits per heavy atom. The first-order valence-corrected chi connectivity index (χ1v) is 7.43. The van der Waals surface area contributed by atoms with Gasteiger partial charge in [-0.05, 0) is 32.4 Å². The quantitative estimate of drug-likeness (QED) is 0.729. The number of nitrogens with zero attached hydrogens (tertiary/aromatic N) is 1. The van der Waals surface area contributed by atoms with Gasteiger partial charge in [0.25, 0.3) is 0 Å². The van der Waals surface area contributed by atoms with Gasteiger partial charge in [-0.25, -0.2) is 0 Å². The number of hydrogen-bond donors (Lipinski definition) is 1. The molecular weight excluding hydrogens is 236 g/mol. The van der Waals surface area contributed by atoms with Crippen LogP contribution in [0.25, 0.3) is 0 Å². The Morgan fingerprint density at radius 3 is 2.32 bits per heavy atom. The van der Waals surface area contributed by atoms with E-state index in [9.17, 15) is 4.79 Å². The van der Waals surface area contributed by atoms with Crippen LogP contribution in [0.3, 0.4) is 0 Å². The lowest BCUT2D eigenvalue weighted by Crippen LogP contribution is -2.34. The number of nitrogens with one attached hydrogen (secondary N) is 1. The smallest absolute Gasteiger partial charge is 0.178 e. The summed E-state index contributed by atoms with van der Waals surface area (Å²) < 4.78 is 0. The van der Waals surface area contributed by atoms with Crippen LogP contribution in [0.5, 0.6) is 0 Å². The molecule has 1 rings (SSSR count). The lowest BCUT2D eigenvalue weighted by molar-refractivity contribution is 0.0920. The van der Waals surface area contributed by atoms with Gasteiger partial charge in [0, 0.05) is 23.5 Å². The molecule has 19 heavy (non-hydrogen) atoms. The highest BCUT2D eigenvalue weighted by molar-refractivity contribution is 5.98. The predicted molar refractivity (Wildman–Crippen MR) is 80.8 cm³/mol. The molecule has 3 heteroatoms. The van der Waals surface area contributed by atoms with Crippen LogP contribution in [0.15, 0.2) is 6.07 Å². The number of aryl methyl sites for hydroxylation is 2. The number of rotatable bonds is 8. The fraction of sp³-hybridized carbons (Fsp3) is 0.688. The maximum Gasteiger partial charge on any atom is 0.178 e. The zero-order chi connectivity index (χ0) is 14.4. The zero-order valence-electron chi connectivity index (χ0n) is 13.0. The lowest BCUT2D eigenvalue weighted by atomic mass is 10.0. The average molecular weight is 264 g/mol. The van der Waals surface area contributed by atoms with Gasteiger partial charge in [0.1, 0.15) is 0 Å². The minimum atomic E-state index is 0.231. The predicted octanol–water partition coefficient (Wildman–Crippen LogP) is 3.57. The molecule has 1 heterocycles. The third-order valence-electron chi connectivity index (χ3n) is 3.94. The van der Waals surface area contributed by atoms with Crippen molar-refractivity contribution in [1.82, 2.24) is 9.88 Å². The van der Waals surface area contributed by atoms with Crippen molar-refractivity contribution in [3.05, 3.63) is 23.0 Å². The number of aromatic amines is 1. The summed E-state index contributed by atoms with van der Waals surface area (Å²) in [5, 5.41) is 0. The maximum absolute atomic E-state index is 12.3. The van der Waals surface area contributed by atoms with Crippen molar-refractivity contribution >= 4 is 5.78 Å². The van der Waals surface area contributed by atoms with E-state index < -0.39 is 0 Å². The average Bonchev–Trinajstić information content (AvgIpc) is 2.73. The number of aromatic nitrogens is 1. The monoisotopic (exact) mass is 264 g/mol. The fourth-order valence-corrected chi connectivity index (χ4v) is 2.52. The second kappa shape index (κ2) is 7.49. The molecule has 0 aliphatic rings. The number of Topliss-reactive ketones (excluding diaryl/α,β-unsaturated/α-hetero) is 1. The first-order valence-electron chi connectivity index (χ1n) is 7.43. The molecule has 0 aromatic carbocycles. The van der Waals surface area contributed by atoms with Crippen molar-refractivity contribution < 1.29 is 4.79 Å². The first-order chi connectivity index (χ1) is 9.01. The molecule has 0 radical (unpaired) electrons. The number of hydrogen-bond acceptors (Lipinski definition) is 2. The number of carbonyl (C=O) groups excluding carboxylic acids is 1. The third kappa shape index (κ3) is 4.50. The van der Waals surface area contributed by atoms with E-state index in [4.69, 9.17) is 0 Å². The maximum atomic E-state index is 12.3. The summed E-state index contributed by atoms with van der Waals surface area (Å²) in [6.45, 7) is 13.0. The van der Waals surface area contributed by atoms with E-state index in [-0.39, 0.29) is 5.78 Å². The summed E-state index contributed by atoms with van der Waals surface area (Å²) in [5.74, 6) is 0.927. The lowest BCUT2D eigenvalue weighted by Gasteiger charge is -2.24. The summed E-state index contributed by atoms with van der Waals surface area (Å²) in [6.07, 6.45) is 2.37. The van der Waals surface area contributed by atoms with Crippen LogP contribution in [0.1, 0.15) is 55.4 Å². The molecule has 1 aromatic rings. The van der Waals surface area contributed by atoms with E-state index in [1.165, 1.54) is 12.8 Å². The van der Waals surface area contributed by atoms with Crippen LogP contribution in [0.4, 0.5) is 0 Å². The van der Waals surface area contributed by atoms with Gasteiger partial charge in [-0.1, -0.05) is 33.6 Å². The first kappa shape index (κ1) is 16.0. The van der Waals surface area contributed by atoms with E-state index >= 15 is 0 Å². The molecule has 0 bridgehead atoms. The van der Waals surface area contributed by atoms with Crippen LogP contribution in [-0.2, 0) is 0 Å². The van der Waals surface area contributed by atoms with Gasteiger partial charge in [0.05, 0.1) is 6.54 Å². The van der Waals surface area contributed by atoms with Crippen LogP contribution < -0.4 is 0 Å². The molecule has 0 aliphatic carbocycles. The second-order valence-corrected chi connectivity index (χ2v) is 5.42. The van der Waals surface area contributed by atoms with Gasteiger partial charge < -0.3 is 4.98 Å². The summed E-state index contributed by atoms with van der Waals surface area (Å²) in [5.41, 5.74) is 2.89. The molecule has 0 fully saturated rings. The molecule has 1 N–H and O–H groups in total. The van der Waals surface area contributed by atoms with Gasteiger partial charge in [-0.15, -0.1) is 0 Å². The molecule has 0 unspecified atom stereocenters. The Kier molecular flexibility index (Phi) is 6.29. The number of likely N-dealkylation sites (N-methyl/N-ethyl adjacent to an activating group) is 1. The number of carbonyl (C=O) groups is 1. The topological polar surface area (TPSA) is 36.1 Å².